The van der Waals surface area contributed by atoms with Gasteiger partial charge in [0.2, 0.25) is 0 Å². The highest BCUT2D eigenvalue weighted by molar-refractivity contribution is 5.02. The van der Waals surface area contributed by atoms with Gasteiger partial charge in [-0.1, -0.05) is 6.92 Å². The van der Waals surface area contributed by atoms with Gasteiger partial charge < -0.3 is 4.90 Å². The van der Waals surface area contributed by atoms with E-state index in [0.29, 0.717) is 0 Å². The number of fused-ring (bicyclic) bond motifs is 3. The average Bonchev–Trinajstić information content (AvgIpc) is 3.07. The third-order valence-electron chi connectivity index (χ3n) is 10.2. The van der Waals surface area contributed by atoms with Crippen LogP contribution in [0.25, 0.3) is 0 Å². The summed E-state index contributed by atoms with van der Waals surface area (Å²) in [5, 5.41) is 0. The van der Waals surface area contributed by atoms with Gasteiger partial charge >= 0.3 is 0 Å². The molecule has 3 nitrogen and oxygen atoms in total. The topological polar surface area (TPSA) is 9.72 Å². The summed E-state index contributed by atoms with van der Waals surface area (Å²) in [6.07, 6.45) is 18.0. The number of nitrogens with zero attached hydrogens (tertiary/aromatic N) is 3. The Morgan fingerprint density at radius 2 is 1.64 bits per heavy atom. The normalized spacial score (nSPS) is 49.6. The van der Waals surface area contributed by atoms with E-state index in [-0.39, 0.29) is 0 Å². The molecule has 0 bridgehead atoms. The van der Waals surface area contributed by atoms with Gasteiger partial charge in [0.05, 0.1) is 0 Å². The molecule has 0 aromatic rings. The predicted molar refractivity (Wildman–Crippen MR) is 115 cm³/mol. The summed E-state index contributed by atoms with van der Waals surface area (Å²) in [5.41, 5.74) is 0. The lowest BCUT2D eigenvalue weighted by Crippen LogP contribution is -2.62. The fourth-order valence-electron chi connectivity index (χ4n) is 8.57. The van der Waals surface area contributed by atoms with Crippen LogP contribution in [0.5, 0.6) is 0 Å². The largest absolute Gasteiger partial charge is 0.300 e. The Bertz CT molecular complexity index is 564. The SMILES string of the molecule is CC1CCCN2C(CC3CCC4CC(CC5CCCN6CCC56)N4C3)CCC12. The first-order valence-electron chi connectivity index (χ1n) is 13.0. The molecule has 0 amide bonds. The van der Waals surface area contributed by atoms with Crippen LogP contribution in [-0.4, -0.2) is 71.1 Å². The first kappa shape index (κ1) is 18.6. The molecule has 6 saturated heterocycles. The zero-order valence-corrected chi connectivity index (χ0v) is 18.3. The first-order valence-corrected chi connectivity index (χ1v) is 13.0. The highest BCUT2D eigenvalue weighted by Gasteiger charge is 2.47. The van der Waals surface area contributed by atoms with E-state index in [1.54, 1.807) is 0 Å². The van der Waals surface area contributed by atoms with E-state index in [0.717, 1.165) is 48.0 Å². The van der Waals surface area contributed by atoms with Crippen LogP contribution in [0.1, 0.15) is 84.0 Å². The van der Waals surface area contributed by atoms with Crippen molar-refractivity contribution in [3.63, 3.8) is 0 Å². The minimum absolute atomic E-state index is 0.927. The quantitative estimate of drug-likeness (QED) is 0.712. The molecular formula is C25H43N3. The average molecular weight is 386 g/mol. The zero-order valence-electron chi connectivity index (χ0n) is 18.3. The molecule has 28 heavy (non-hydrogen) atoms. The van der Waals surface area contributed by atoms with E-state index < -0.39 is 0 Å². The molecule has 0 aromatic heterocycles. The number of hydrogen-bond acceptors (Lipinski definition) is 3. The van der Waals surface area contributed by atoms with Crippen molar-refractivity contribution in [3.8, 4) is 0 Å². The van der Waals surface area contributed by atoms with E-state index in [9.17, 15) is 0 Å². The molecule has 0 spiro atoms. The predicted octanol–water partition coefficient (Wildman–Crippen LogP) is 4.37. The van der Waals surface area contributed by atoms with Crippen molar-refractivity contribution in [2.24, 2.45) is 17.8 Å². The summed E-state index contributed by atoms with van der Waals surface area (Å²) in [7, 11) is 0. The minimum atomic E-state index is 0.927. The van der Waals surface area contributed by atoms with Gasteiger partial charge in [0, 0.05) is 36.8 Å². The minimum Gasteiger partial charge on any atom is -0.300 e. The second-order valence-electron chi connectivity index (χ2n) is 11.6. The highest BCUT2D eigenvalue weighted by atomic mass is 15.3. The molecular weight excluding hydrogens is 342 g/mol. The van der Waals surface area contributed by atoms with Crippen LogP contribution in [0.3, 0.4) is 0 Å². The van der Waals surface area contributed by atoms with Crippen LogP contribution in [0.4, 0.5) is 0 Å². The molecule has 3 heteroatoms. The maximum absolute atomic E-state index is 3.00. The number of piperidine rings is 3. The Labute approximate surface area is 173 Å². The molecule has 8 atom stereocenters. The van der Waals surface area contributed by atoms with Crippen LogP contribution in [0, 0.1) is 17.8 Å². The molecule has 6 heterocycles. The van der Waals surface area contributed by atoms with Gasteiger partial charge in [0.15, 0.2) is 0 Å². The van der Waals surface area contributed by atoms with Gasteiger partial charge in [-0.2, -0.15) is 0 Å². The Morgan fingerprint density at radius 3 is 2.54 bits per heavy atom. The molecule has 0 aromatic carbocycles. The zero-order chi connectivity index (χ0) is 18.7. The van der Waals surface area contributed by atoms with Crippen LogP contribution in [-0.2, 0) is 0 Å². The van der Waals surface area contributed by atoms with E-state index in [1.165, 1.54) is 103 Å². The lowest BCUT2D eigenvalue weighted by molar-refractivity contribution is -0.0698. The van der Waals surface area contributed by atoms with Crippen molar-refractivity contribution in [3.05, 3.63) is 0 Å². The summed E-state index contributed by atoms with van der Waals surface area (Å²) in [5.74, 6) is 2.97. The maximum Gasteiger partial charge on any atom is 0.0136 e. The Hall–Kier alpha value is -0.120. The second-order valence-corrected chi connectivity index (χ2v) is 11.6. The van der Waals surface area contributed by atoms with Crippen molar-refractivity contribution < 1.29 is 0 Å². The van der Waals surface area contributed by atoms with Crippen molar-refractivity contribution >= 4 is 0 Å². The molecule has 8 unspecified atom stereocenters. The molecule has 0 aliphatic carbocycles. The Morgan fingerprint density at radius 1 is 0.714 bits per heavy atom. The molecule has 6 fully saturated rings. The lowest BCUT2D eigenvalue weighted by Gasteiger charge is -2.57. The fraction of sp³-hybridized carbons (Fsp3) is 1.00. The van der Waals surface area contributed by atoms with Crippen LogP contribution in [0.15, 0.2) is 0 Å². The van der Waals surface area contributed by atoms with Gasteiger partial charge in [0.1, 0.15) is 0 Å². The van der Waals surface area contributed by atoms with Gasteiger partial charge in [0.25, 0.3) is 0 Å². The highest BCUT2D eigenvalue weighted by Crippen LogP contribution is 2.45. The van der Waals surface area contributed by atoms with Crippen molar-refractivity contribution in [2.45, 2.75) is 114 Å². The summed E-state index contributed by atoms with van der Waals surface area (Å²) in [6, 6.07) is 4.75. The van der Waals surface area contributed by atoms with E-state index in [2.05, 4.69) is 21.6 Å². The molecule has 158 valence electrons. The summed E-state index contributed by atoms with van der Waals surface area (Å²) in [6.45, 7) is 8.17. The van der Waals surface area contributed by atoms with Crippen LogP contribution < -0.4 is 0 Å². The molecule has 6 aliphatic rings. The van der Waals surface area contributed by atoms with Crippen LogP contribution >= 0.6 is 0 Å². The molecule has 6 aliphatic heterocycles. The molecule has 0 N–H and O–H groups in total. The lowest BCUT2D eigenvalue weighted by atomic mass is 9.72. The van der Waals surface area contributed by atoms with E-state index in [1.807, 2.05) is 0 Å². The smallest absolute Gasteiger partial charge is 0.0136 e. The van der Waals surface area contributed by atoms with Crippen molar-refractivity contribution in [1.29, 1.82) is 0 Å². The van der Waals surface area contributed by atoms with Gasteiger partial charge in [-0.05, 0) is 114 Å². The number of hydrogen-bond donors (Lipinski definition) is 0. The second kappa shape index (κ2) is 7.54. The van der Waals surface area contributed by atoms with E-state index >= 15 is 0 Å². The van der Waals surface area contributed by atoms with Crippen LogP contribution in [0.2, 0.25) is 0 Å². The number of rotatable bonds is 4. The van der Waals surface area contributed by atoms with Crippen molar-refractivity contribution in [2.75, 3.05) is 26.2 Å². The Balaban J connectivity index is 1.03. The standard InChI is InChI=1S/C25H43N3/c1-18-4-2-12-27-21(8-9-24(18)27)14-19-6-7-22-16-23(28(22)17-19)15-20-5-3-11-26-13-10-25(20)26/h18-25H,2-17H2,1H3. The van der Waals surface area contributed by atoms with Crippen molar-refractivity contribution in [1.82, 2.24) is 14.7 Å². The summed E-state index contributed by atoms with van der Waals surface area (Å²) in [4.78, 5) is 8.75. The molecule has 0 saturated carbocycles. The summed E-state index contributed by atoms with van der Waals surface area (Å²) >= 11 is 0. The first-order chi connectivity index (χ1) is 13.8. The van der Waals surface area contributed by atoms with Gasteiger partial charge in [-0.15, -0.1) is 0 Å². The third-order valence-corrected chi connectivity index (χ3v) is 10.2. The van der Waals surface area contributed by atoms with Gasteiger partial charge in [-0.3, -0.25) is 9.80 Å². The third kappa shape index (κ3) is 3.19. The molecule has 0 radical (unpaired) electrons. The Kier molecular flexibility index (Phi) is 5.01. The monoisotopic (exact) mass is 385 g/mol. The summed E-state index contributed by atoms with van der Waals surface area (Å²) < 4.78 is 0. The molecule has 6 rings (SSSR count). The fourth-order valence-corrected chi connectivity index (χ4v) is 8.57. The van der Waals surface area contributed by atoms with E-state index in [4.69, 9.17) is 0 Å². The maximum atomic E-state index is 3.00. The van der Waals surface area contributed by atoms with Gasteiger partial charge in [-0.25, -0.2) is 0 Å².